The van der Waals surface area contributed by atoms with Crippen LogP contribution in [0.4, 0.5) is 17.6 Å². The first-order valence-corrected chi connectivity index (χ1v) is 6.04. The van der Waals surface area contributed by atoms with Crippen LogP contribution in [0.1, 0.15) is 18.1 Å². The number of nitrogens with two attached hydrogens (primary N) is 1. The number of ether oxygens (including phenoxy) is 1. The minimum atomic E-state index is 0.0695. The van der Waals surface area contributed by atoms with E-state index in [0.717, 1.165) is 11.3 Å². The van der Waals surface area contributed by atoms with E-state index < -0.39 is 0 Å². The van der Waals surface area contributed by atoms with Gasteiger partial charge in [-0.2, -0.15) is 20.2 Å². The molecule has 0 saturated carbocycles. The average Bonchev–Trinajstić information content (AvgIpc) is 2.41. The number of anilines is 3. The Kier molecular flexibility index (Phi) is 3.96. The average molecular weight is 270 g/mol. The molecule has 0 aliphatic carbocycles. The van der Waals surface area contributed by atoms with Crippen LogP contribution >= 0.6 is 0 Å². The smallest absolute Gasteiger partial charge is 0.323 e. The predicted octanol–water partition coefficient (Wildman–Crippen LogP) is 1.78. The van der Waals surface area contributed by atoms with E-state index in [1.54, 1.807) is 12.1 Å². The first kappa shape index (κ1) is 13.5. The summed E-state index contributed by atoms with van der Waals surface area (Å²) in [4.78, 5) is 11.9. The van der Waals surface area contributed by atoms with Gasteiger partial charge in [-0.05, 0) is 31.5 Å². The third-order valence-electron chi connectivity index (χ3n) is 2.52. The highest BCUT2D eigenvalue weighted by atomic mass is 16.5. The van der Waals surface area contributed by atoms with Gasteiger partial charge in [0.15, 0.2) is 0 Å². The molecule has 0 atom stereocenters. The topological polar surface area (TPSA) is 110 Å². The summed E-state index contributed by atoms with van der Waals surface area (Å²) in [7, 11) is 0. The van der Waals surface area contributed by atoms with Crippen LogP contribution < -0.4 is 15.8 Å². The molecule has 3 N–H and O–H groups in total. The van der Waals surface area contributed by atoms with Crippen LogP contribution in [0.5, 0.6) is 6.01 Å². The van der Waals surface area contributed by atoms with Crippen LogP contribution in [0, 0.1) is 18.3 Å². The van der Waals surface area contributed by atoms with E-state index in [-0.39, 0.29) is 17.9 Å². The molecule has 0 bridgehead atoms. The highest BCUT2D eigenvalue weighted by molar-refractivity contribution is 5.61. The number of aryl methyl sites for hydroxylation is 1. The fourth-order valence-electron chi connectivity index (χ4n) is 1.57. The van der Waals surface area contributed by atoms with Gasteiger partial charge in [0.1, 0.15) is 0 Å². The van der Waals surface area contributed by atoms with Crippen LogP contribution in [0.3, 0.4) is 0 Å². The monoisotopic (exact) mass is 270 g/mol. The predicted molar refractivity (Wildman–Crippen MR) is 74.6 cm³/mol. The quantitative estimate of drug-likeness (QED) is 0.871. The highest BCUT2D eigenvalue weighted by Gasteiger charge is 2.07. The molecule has 0 radical (unpaired) electrons. The van der Waals surface area contributed by atoms with E-state index in [9.17, 15) is 0 Å². The number of nitrogen functional groups attached to an aromatic ring is 1. The maximum absolute atomic E-state index is 8.92. The first-order chi connectivity index (χ1) is 9.62. The van der Waals surface area contributed by atoms with Gasteiger partial charge in [-0.25, -0.2) is 0 Å². The van der Waals surface area contributed by atoms with Crippen molar-refractivity contribution >= 4 is 17.6 Å². The third kappa shape index (κ3) is 3.11. The maximum atomic E-state index is 8.92. The molecular formula is C13H14N6O. The van der Waals surface area contributed by atoms with Crippen molar-refractivity contribution in [1.82, 2.24) is 15.0 Å². The van der Waals surface area contributed by atoms with Crippen molar-refractivity contribution in [2.24, 2.45) is 0 Å². The van der Waals surface area contributed by atoms with Gasteiger partial charge in [-0.15, -0.1) is 0 Å². The Hall–Kier alpha value is -2.88. The molecule has 7 heteroatoms. The summed E-state index contributed by atoms with van der Waals surface area (Å²) in [5, 5.41) is 11.9. The number of nitriles is 1. The van der Waals surface area contributed by atoms with Crippen molar-refractivity contribution in [2.75, 3.05) is 17.7 Å². The lowest BCUT2D eigenvalue weighted by atomic mass is 10.1. The number of nitrogens with one attached hydrogen (secondary N) is 1. The molecular weight excluding hydrogens is 256 g/mol. The summed E-state index contributed by atoms with van der Waals surface area (Å²) < 4.78 is 5.21. The lowest BCUT2D eigenvalue weighted by Gasteiger charge is -2.09. The summed E-state index contributed by atoms with van der Waals surface area (Å²) in [6.07, 6.45) is 0. The molecule has 1 heterocycles. The Morgan fingerprint density at radius 2 is 2.15 bits per heavy atom. The molecule has 0 unspecified atom stereocenters. The molecule has 0 aliphatic heterocycles. The minimum absolute atomic E-state index is 0.0695. The van der Waals surface area contributed by atoms with Gasteiger partial charge in [0.2, 0.25) is 11.9 Å². The van der Waals surface area contributed by atoms with Crippen molar-refractivity contribution in [3.63, 3.8) is 0 Å². The molecule has 1 aromatic carbocycles. The molecule has 20 heavy (non-hydrogen) atoms. The number of hydrogen-bond acceptors (Lipinski definition) is 7. The molecule has 0 saturated heterocycles. The zero-order chi connectivity index (χ0) is 14.5. The lowest BCUT2D eigenvalue weighted by Crippen LogP contribution is -2.07. The minimum Gasteiger partial charge on any atom is -0.464 e. The second kappa shape index (κ2) is 5.84. The zero-order valence-electron chi connectivity index (χ0n) is 11.2. The van der Waals surface area contributed by atoms with E-state index in [4.69, 9.17) is 15.7 Å². The SMILES string of the molecule is CCOc1nc(N)nc(Nc2cc(C#N)ccc2C)n1. The number of aromatic nitrogens is 3. The van der Waals surface area contributed by atoms with Gasteiger partial charge in [0, 0.05) is 5.69 Å². The van der Waals surface area contributed by atoms with Crippen LogP contribution in [0.2, 0.25) is 0 Å². The van der Waals surface area contributed by atoms with Crippen molar-refractivity contribution in [1.29, 1.82) is 5.26 Å². The van der Waals surface area contributed by atoms with Gasteiger partial charge in [-0.1, -0.05) is 6.07 Å². The molecule has 2 rings (SSSR count). The fraction of sp³-hybridized carbons (Fsp3) is 0.231. The molecule has 1 aromatic heterocycles. The second-order valence-electron chi connectivity index (χ2n) is 4.00. The molecule has 0 aliphatic rings. The fourth-order valence-corrected chi connectivity index (χ4v) is 1.57. The summed E-state index contributed by atoms with van der Waals surface area (Å²) >= 11 is 0. The summed E-state index contributed by atoms with van der Waals surface area (Å²) in [6.45, 7) is 4.18. The van der Waals surface area contributed by atoms with Gasteiger partial charge in [0.25, 0.3) is 0 Å². The van der Waals surface area contributed by atoms with Crippen LogP contribution in [0.25, 0.3) is 0 Å². The van der Waals surface area contributed by atoms with Crippen molar-refractivity contribution < 1.29 is 4.74 Å². The molecule has 0 spiro atoms. The van der Waals surface area contributed by atoms with E-state index in [0.29, 0.717) is 12.2 Å². The molecule has 2 aromatic rings. The Morgan fingerprint density at radius 3 is 2.85 bits per heavy atom. The van der Waals surface area contributed by atoms with Gasteiger partial charge < -0.3 is 15.8 Å². The Bertz CT molecular complexity index is 664. The first-order valence-electron chi connectivity index (χ1n) is 6.04. The molecule has 0 fully saturated rings. The number of rotatable bonds is 4. The number of hydrogen-bond donors (Lipinski definition) is 2. The summed E-state index contributed by atoms with van der Waals surface area (Å²) in [5.41, 5.74) is 7.84. The number of nitrogens with zero attached hydrogens (tertiary/aromatic N) is 4. The summed E-state index contributed by atoms with van der Waals surface area (Å²) in [6, 6.07) is 7.55. The van der Waals surface area contributed by atoms with E-state index in [1.165, 1.54) is 0 Å². The molecule has 7 nitrogen and oxygen atoms in total. The standard InChI is InChI=1S/C13H14N6O/c1-3-20-13-18-11(15)17-12(19-13)16-10-6-9(7-14)5-4-8(10)2/h4-6H,3H2,1-2H3,(H3,15,16,17,18,19). The van der Waals surface area contributed by atoms with Gasteiger partial charge in [-0.3, -0.25) is 0 Å². The van der Waals surface area contributed by atoms with Crippen molar-refractivity contribution in [3.05, 3.63) is 29.3 Å². The second-order valence-corrected chi connectivity index (χ2v) is 4.00. The Balaban J connectivity index is 2.32. The third-order valence-corrected chi connectivity index (χ3v) is 2.52. The van der Waals surface area contributed by atoms with Gasteiger partial charge in [0.05, 0.1) is 18.2 Å². The highest BCUT2D eigenvalue weighted by Crippen LogP contribution is 2.20. The van der Waals surface area contributed by atoms with Crippen molar-refractivity contribution in [3.8, 4) is 12.1 Å². The largest absolute Gasteiger partial charge is 0.464 e. The number of benzene rings is 1. The lowest BCUT2D eigenvalue weighted by molar-refractivity contribution is 0.312. The Morgan fingerprint density at radius 1 is 1.35 bits per heavy atom. The van der Waals surface area contributed by atoms with E-state index >= 15 is 0 Å². The zero-order valence-corrected chi connectivity index (χ0v) is 11.2. The summed E-state index contributed by atoms with van der Waals surface area (Å²) in [5.74, 6) is 0.346. The Labute approximate surface area is 116 Å². The van der Waals surface area contributed by atoms with Crippen LogP contribution in [0.15, 0.2) is 18.2 Å². The van der Waals surface area contributed by atoms with Crippen LogP contribution in [-0.2, 0) is 0 Å². The van der Waals surface area contributed by atoms with Crippen LogP contribution in [-0.4, -0.2) is 21.6 Å². The van der Waals surface area contributed by atoms with Gasteiger partial charge >= 0.3 is 6.01 Å². The maximum Gasteiger partial charge on any atom is 0.323 e. The molecule has 0 amide bonds. The van der Waals surface area contributed by atoms with E-state index in [2.05, 4.69) is 26.3 Å². The van der Waals surface area contributed by atoms with E-state index in [1.807, 2.05) is 19.9 Å². The van der Waals surface area contributed by atoms with Crippen molar-refractivity contribution in [2.45, 2.75) is 13.8 Å². The molecule has 102 valence electrons. The normalized spacial score (nSPS) is 9.85.